The molecule has 2 aromatic carbocycles. The highest BCUT2D eigenvalue weighted by Crippen LogP contribution is 2.34. The maximum absolute atomic E-state index is 13.0. The van der Waals surface area contributed by atoms with E-state index in [1.165, 1.54) is 29.5 Å². The van der Waals surface area contributed by atoms with E-state index >= 15 is 0 Å². The number of carbonyl (C=O) groups is 1. The molecule has 1 heterocycles. The molecule has 9 heteroatoms. The Hall–Kier alpha value is -2.14. The zero-order valence-electron chi connectivity index (χ0n) is 13.0. The number of thiazole rings is 1. The van der Waals surface area contributed by atoms with E-state index < -0.39 is 17.8 Å². The van der Waals surface area contributed by atoms with E-state index in [9.17, 15) is 18.0 Å². The molecule has 0 unspecified atom stereocenters. The molecule has 3 aromatic rings. The van der Waals surface area contributed by atoms with E-state index in [-0.39, 0.29) is 5.69 Å². The maximum atomic E-state index is 13.0. The average Bonchev–Trinajstić information content (AvgIpc) is 3.03. The van der Waals surface area contributed by atoms with Crippen molar-refractivity contribution in [2.45, 2.75) is 6.18 Å². The summed E-state index contributed by atoms with van der Waals surface area (Å²) < 4.78 is 40.0. The molecule has 0 aliphatic carbocycles. The Morgan fingerprint density at radius 2 is 1.73 bits per heavy atom. The first-order valence-electron chi connectivity index (χ1n) is 7.28. The van der Waals surface area contributed by atoms with E-state index in [1.54, 1.807) is 5.38 Å². The first-order valence-corrected chi connectivity index (χ1v) is 9.24. The number of nitrogens with zero attached hydrogens (tertiary/aromatic N) is 1. The van der Waals surface area contributed by atoms with Gasteiger partial charge in [-0.05, 0) is 46.9 Å². The zero-order valence-corrected chi connectivity index (χ0v) is 15.9. The predicted octanol–water partition coefficient (Wildman–Crippen LogP) is 6.08. The van der Waals surface area contributed by atoms with Crippen LogP contribution in [0.5, 0.6) is 0 Å². The minimum Gasteiger partial charge on any atom is -0.307 e. The van der Waals surface area contributed by atoms with Gasteiger partial charge in [0.1, 0.15) is 0 Å². The van der Waals surface area contributed by atoms with Crippen LogP contribution in [0.1, 0.15) is 5.56 Å². The Kier molecular flexibility index (Phi) is 5.47. The molecule has 0 saturated carbocycles. The molecule has 1 aromatic heterocycles. The van der Waals surface area contributed by atoms with Crippen LogP contribution in [-0.2, 0) is 6.18 Å². The summed E-state index contributed by atoms with van der Waals surface area (Å²) >= 11 is 3.38. The fourth-order valence-electron chi connectivity index (χ4n) is 2.17. The summed E-state index contributed by atoms with van der Waals surface area (Å²) in [5.74, 6) is 0. The number of nitrogens with one attached hydrogen (secondary N) is 2. The standard InChI is InChI=1S/C17H11F3IN3OS/c18-17(19,20)12-3-1-2-4-13(12)22-15(25)24-16-23-14(9-26-16)10-5-7-11(21)8-6-10/h1-9H,(H2,22,23,24,25). The topological polar surface area (TPSA) is 54.0 Å². The minimum absolute atomic E-state index is 0.292. The number of urea groups is 1. The Bertz CT molecular complexity index is 926. The highest BCUT2D eigenvalue weighted by atomic mass is 127. The summed E-state index contributed by atoms with van der Waals surface area (Å²) in [5.41, 5.74) is 0.343. The first kappa shape index (κ1) is 18.6. The van der Waals surface area contributed by atoms with Crippen LogP contribution in [0.4, 0.5) is 28.8 Å². The van der Waals surface area contributed by atoms with Crippen molar-refractivity contribution in [3.63, 3.8) is 0 Å². The van der Waals surface area contributed by atoms with Crippen LogP contribution >= 0.6 is 33.9 Å². The van der Waals surface area contributed by atoms with Gasteiger partial charge in [-0.25, -0.2) is 9.78 Å². The van der Waals surface area contributed by atoms with Crippen LogP contribution in [0.15, 0.2) is 53.9 Å². The average molecular weight is 489 g/mol. The summed E-state index contributed by atoms with van der Waals surface area (Å²) in [7, 11) is 0. The Labute approximate surface area is 164 Å². The van der Waals surface area contributed by atoms with Gasteiger partial charge in [0, 0.05) is 14.5 Å². The number of benzene rings is 2. The van der Waals surface area contributed by atoms with Crippen molar-refractivity contribution in [2.24, 2.45) is 0 Å². The van der Waals surface area contributed by atoms with Crippen LogP contribution in [0, 0.1) is 3.57 Å². The number of alkyl halides is 3. The highest BCUT2D eigenvalue weighted by molar-refractivity contribution is 14.1. The summed E-state index contributed by atoms with van der Waals surface area (Å²) in [4.78, 5) is 16.3. The third-order valence-electron chi connectivity index (χ3n) is 3.35. The van der Waals surface area contributed by atoms with Crippen molar-refractivity contribution in [3.05, 3.63) is 63.0 Å². The molecule has 0 spiro atoms. The molecule has 2 amide bonds. The van der Waals surface area contributed by atoms with Gasteiger partial charge in [0.2, 0.25) is 0 Å². The van der Waals surface area contributed by atoms with E-state index in [4.69, 9.17) is 0 Å². The van der Waals surface area contributed by atoms with Gasteiger partial charge in [0.25, 0.3) is 0 Å². The molecule has 0 aliphatic heterocycles. The lowest BCUT2D eigenvalue weighted by Gasteiger charge is -2.13. The molecule has 0 radical (unpaired) electrons. The molecular formula is C17H11F3IN3OS. The van der Waals surface area contributed by atoms with E-state index in [0.29, 0.717) is 10.8 Å². The van der Waals surface area contributed by atoms with Gasteiger partial charge in [-0.3, -0.25) is 5.32 Å². The van der Waals surface area contributed by atoms with Gasteiger partial charge in [0.15, 0.2) is 5.13 Å². The minimum atomic E-state index is -4.55. The van der Waals surface area contributed by atoms with Gasteiger partial charge in [0.05, 0.1) is 16.9 Å². The smallest absolute Gasteiger partial charge is 0.307 e. The molecule has 0 fully saturated rings. The lowest BCUT2D eigenvalue weighted by Crippen LogP contribution is -2.21. The SMILES string of the molecule is O=C(Nc1nc(-c2ccc(I)cc2)cs1)Nc1ccccc1C(F)(F)F. The number of halogens is 4. The van der Waals surface area contributed by atoms with Crippen molar-refractivity contribution < 1.29 is 18.0 Å². The largest absolute Gasteiger partial charge is 0.418 e. The summed E-state index contributed by atoms with van der Waals surface area (Å²) in [6.45, 7) is 0. The molecule has 0 aliphatic rings. The van der Waals surface area contributed by atoms with Crippen molar-refractivity contribution in [1.29, 1.82) is 0 Å². The van der Waals surface area contributed by atoms with Crippen molar-refractivity contribution >= 4 is 50.8 Å². The summed E-state index contributed by atoms with van der Waals surface area (Å²) in [5, 5.41) is 6.73. The monoisotopic (exact) mass is 489 g/mol. The Morgan fingerprint density at radius 1 is 1.04 bits per heavy atom. The second kappa shape index (κ2) is 7.62. The number of rotatable bonds is 3. The molecule has 0 bridgehead atoms. The van der Waals surface area contributed by atoms with Gasteiger partial charge >= 0.3 is 12.2 Å². The quantitative estimate of drug-likeness (QED) is 0.439. The number of hydrogen-bond donors (Lipinski definition) is 2. The van der Waals surface area contributed by atoms with Crippen LogP contribution in [0.2, 0.25) is 0 Å². The Balaban J connectivity index is 1.71. The molecule has 3 rings (SSSR count). The zero-order chi connectivity index (χ0) is 18.7. The molecule has 26 heavy (non-hydrogen) atoms. The number of amides is 2. The van der Waals surface area contributed by atoms with Gasteiger partial charge < -0.3 is 5.32 Å². The predicted molar refractivity (Wildman–Crippen MR) is 104 cm³/mol. The number of anilines is 2. The van der Waals surface area contributed by atoms with Crippen molar-refractivity contribution in [3.8, 4) is 11.3 Å². The molecule has 134 valence electrons. The van der Waals surface area contributed by atoms with Gasteiger partial charge in [-0.2, -0.15) is 13.2 Å². The van der Waals surface area contributed by atoms with Crippen LogP contribution < -0.4 is 10.6 Å². The van der Waals surface area contributed by atoms with Crippen molar-refractivity contribution in [1.82, 2.24) is 4.98 Å². The molecule has 2 N–H and O–H groups in total. The lowest BCUT2D eigenvalue weighted by molar-refractivity contribution is -0.136. The molecular weight excluding hydrogens is 478 g/mol. The van der Waals surface area contributed by atoms with Crippen LogP contribution in [-0.4, -0.2) is 11.0 Å². The lowest BCUT2D eigenvalue weighted by atomic mass is 10.1. The van der Waals surface area contributed by atoms with Gasteiger partial charge in [-0.15, -0.1) is 11.3 Å². The highest BCUT2D eigenvalue weighted by Gasteiger charge is 2.33. The second-order valence-electron chi connectivity index (χ2n) is 5.17. The maximum Gasteiger partial charge on any atom is 0.418 e. The third-order valence-corrected chi connectivity index (χ3v) is 4.82. The number of carbonyl (C=O) groups excluding carboxylic acids is 1. The number of para-hydroxylation sites is 1. The van der Waals surface area contributed by atoms with E-state index in [1.807, 2.05) is 24.3 Å². The number of hydrogen-bond acceptors (Lipinski definition) is 3. The Morgan fingerprint density at radius 3 is 2.42 bits per heavy atom. The normalized spacial score (nSPS) is 11.2. The second-order valence-corrected chi connectivity index (χ2v) is 7.27. The first-order chi connectivity index (χ1) is 12.3. The molecule has 0 atom stereocenters. The third kappa shape index (κ3) is 4.52. The summed E-state index contributed by atoms with van der Waals surface area (Å²) in [6.07, 6.45) is -4.55. The van der Waals surface area contributed by atoms with Crippen molar-refractivity contribution in [2.75, 3.05) is 10.6 Å². The van der Waals surface area contributed by atoms with E-state index in [0.717, 1.165) is 15.2 Å². The van der Waals surface area contributed by atoms with E-state index in [2.05, 4.69) is 38.2 Å². The van der Waals surface area contributed by atoms with Crippen LogP contribution in [0.3, 0.4) is 0 Å². The van der Waals surface area contributed by atoms with Crippen LogP contribution in [0.25, 0.3) is 11.3 Å². The number of aromatic nitrogens is 1. The fourth-order valence-corrected chi connectivity index (χ4v) is 3.25. The van der Waals surface area contributed by atoms with Gasteiger partial charge in [-0.1, -0.05) is 24.3 Å². The summed E-state index contributed by atoms with van der Waals surface area (Å²) in [6, 6.07) is 11.7. The fraction of sp³-hybridized carbons (Fsp3) is 0.0588. The molecule has 4 nitrogen and oxygen atoms in total. The molecule has 0 saturated heterocycles.